The molecule has 0 radical (unpaired) electrons. The van der Waals surface area contributed by atoms with Gasteiger partial charge in [-0.2, -0.15) is 0 Å². The summed E-state index contributed by atoms with van der Waals surface area (Å²) in [4.78, 5) is 1.21. The van der Waals surface area contributed by atoms with Crippen LogP contribution >= 0.6 is 38.9 Å². The Balaban J connectivity index is 2.19. The van der Waals surface area contributed by atoms with Gasteiger partial charge in [-0.15, -0.1) is 11.3 Å². The van der Waals surface area contributed by atoms with Crippen LogP contribution in [0.25, 0.3) is 20.5 Å². The van der Waals surface area contributed by atoms with E-state index in [1.165, 1.54) is 15.0 Å². The lowest BCUT2D eigenvalue weighted by Gasteiger charge is -1.99. The van der Waals surface area contributed by atoms with Crippen LogP contribution < -0.4 is 4.74 Å². The minimum Gasteiger partial charge on any atom is -0.497 e. The van der Waals surface area contributed by atoms with Gasteiger partial charge in [-0.25, -0.2) is 0 Å². The van der Waals surface area contributed by atoms with E-state index in [1.54, 1.807) is 18.4 Å². The van der Waals surface area contributed by atoms with Crippen LogP contribution in [0.15, 0.2) is 46.9 Å². The van der Waals surface area contributed by atoms with E-state index in [-0.39, 0.29) is 0 Å². The smallest absolute Gasteiger partial charge is 0.120 e. The molecular weight excluding hydrogens is 344 g/mol. The zero-order valence-electron chi connectivity index (χ0n) is 10.1. The van der Waals surface area contributed by atoms with Crippen molar-refractivity contribution in [2.45, 2.75) is 0 Å². The van der Waals surface area contributed by atoms with Crippen LogP contribution in [-0.2, 0) is 0 Å². The minimum absolute atomic E-state index is 0.752. The van der Waals surface area contributed by atoms with Gasteiger partial charge in [0.15, 0.2) is 0 Å². The molecule has 1 nitrogen and oxygen atoms in total. The zero-order valence-corrected chi connectivity index (χ0v) is 13.3. The Bertz CT molecular complexity index is 734. The van der Waals surface area contributed by atoms with Gasteiger partial charge >= 0.3 is 0 Å². The van der Waals surface area contributed by atoms with Crippen molar-refractivity contribution in [3.63, 3.8) is 0 Å². The van der Waals surface area contributed by atoms with Gasteiger partial charge in [0, 0.05) is 24.5 Å². The minimum atomic E-state index is 0.752. The first-order valence-electron chi connectivity index (χ1n) is 5.71. The van der Waals surface area contributed by atoms with E-state index in [0.29, 0.717) is 0 Å². The summed E-state index contributed by atoms with van der Waals surface area (Å²) in [7, 11) is 1.68. The first kappa shape index (κ1) is 13.0. The third-order valence-electron chi connectivity index (χ3n) is 2.94. The van der Waals surface area contributed by atoms with E-state index in [9.17, 15) is 0 Å². The maximum atomic E-state index is 5.93. The van der Waals surface area contributed by atoms with E-state index in [1.807, 2.05) is 30.3 Å². The SMILES string of the molecule is COc1ccc2c(Br)c(-c3ccc(Cl)cc3)sc2c1. The number of benzene rings is 2. The van der Waals surface area contributed by atoms with Gasteiger partial charge in [-0.1, -0.05) is 23.7 Å². The number of ether oxygens (including phenoxy) is 1. The van der Waals surface area contributed by atoms with Crippen molar-refractivity contribution in [1.82, 2.24) is 0 Å². The summed E-state index contributed by atoms with van der Waals surface area (Å²) in [5.41, 5.74) is 1.16. The molecule has 0 aliphatic carbocycles. The van der Waals surface area contributed by atoms with Gasteiger partial charge in [0.1, 0.15) is 5.75 Å². The van der Waals surface area contributed by atoms with E-state index in [4.69, 9.17) is 16.3 Å². The molecule has 96 valence electrons. The molecule has 4 heteroatoms. The Morgan fingerprint density at radius 2 is 1.84 bits per heavy atom. The third kappa shape index (κ3) is 2.38. The Hall–Kier alpha value is -1.03. The van der Waals surface area contributed by atoms with Crippen LogP contribution in [0.5, 0.6) is 5.75 Å². The summed E-state index contributed by atoms with van der Waals surface area (Å²) in [6.07, 6.45) is 0. The second-order valence-electron chi connectivity index (χ2n) is 4.11. The predicted molar refractivity (Wildman–Crippen MR) is 86.5 cm³/mol. The number of fused-ring (bicyclic) bond motifs is 1. The first-order valence-corrected chi connectivity index (χ1v) is 7.70. The highest BCUT2D eigenvalue weighted by Crippen LogP contribution is 2.43. The van der Waals surface area contributed by atoms with Crippen molar-refractivity contribution in [2.24, 2.45) is 0 Å². The van der Waals surface area contributed by atoms with Gasteiger partial charge in [-0.05, 0) is 51.8 Å². The van der Waals surface area contributed by atoms with Crippen LogP contribution in [0.2, 0.25) is 5.02 Å². The molecule has 0 aliphatic heterocycles. The summed E-state index contributed by atoms with van der Waals surface area (Å²) in [5, 5.41) is 1.96. The van der Waals surface area contributed by atoms with Crippen LogP contribution in [0, 0.1) is 0 Å². The largest absolute Gasteiger partial charge is 0.497 e. The number of methoxy groups -OCH3 is 1. The van der Waals surface area contributed by atoms with E-state index < -0.39 is 0 Å². The molecule has 0 unspecified atom stereocenters. The van der Waals surface area contributed by atoms with Gasteiger partial charge in [0.05, 0.1) is 7.11 Å². The molecule has 0 amide bonds. The van der Waals surface area contributed by atoms with Gasteiger partial charge in [-0.3, -0.25) is 0 Å². The molecule has 0 N–H and O–H groups in total. The molecule has 0 spiro atoms. The maximum absolute atomic E-state index is 5.93. The predicted octanol–water partition coefficient (Wildman–Crippen LogP) is 5.99. The van der Waals surface area contributed by atoms with Crippen molar-refractivity contribution in [1.29, 1.82) is 0 Å². The van der Waals surface area contributed by atoms with Gasteiger partial charge < -0.3 is 4.74 Å². The van der Waals surface area contributed by atoms with E-state index >= 15 is 0 Å². The molecule has 1 heterocycles. The molecule has 0 fully saturated rings. The molecule has 3 aromatic rings. The fourth-order valence-corrected chi connectivity index (χ4v) is 4.16. The third-order valence-corrected chi connectivity index (χ3v) is 5.48. The average Bonchev–Trinajstić information content (AvgIpc) is 2.76. The second kappa shape index (κ2) is 5.16. The van der Waals surface area contributed by atoms with Crippen LogP contribution in [-0.4, -0.2) is 7.11 Å². The highest BCUT2D eigenvalue weighted by Gasteiger charge is 2.12. The topological polar surface area (TPSA) is 9.23 Å². The zero-order chi connectivity index (χ0) is 13.4. The van der Waals surface area contributed by atoms with Crippen LogP contribution in [0.4, 0.5) is 0 Å². The molecule has 3 rings (SSSR count). The molecule has 0 aliphatic rings. The Labute approximate surface area is 128 Å². The monoisotopic (exact) mass is 352 g/mol. The van der Waals surface area contributed by atoms with Gasteiger partial charge in [0.25, 0.3) is 0 Å². The van der Waals surface area contributed by atoms with Crippen molar-refractivity contribution in [2.75, 3.05) is 7.11 Å². The molecule has 0 saturated heterocycles. The molecule has 0 atom stereocenters. The Morgan fingerprint density at radius 1 is 1.11 bits per heavy atom. The number of hydrogen-bond donors (Lipinski definition) is 0. The normalized spacial score (nSPS) is 10.9. The van der Waals surface area contributed by atoms with Crippen molar-refractivity contribution < 1.29 is 4.74 Å². The van der Waals surface area contributed by atoms with E-state index in [0.717, 1.165) is 20.8 Å². The standard InChI is InChI=1S/C15H10BrClOS/c1-18-11-6-7-12-13(8-11)19-15(14(12)16)9-2-4-10(17)5-3-9/h2-8H,1H3. The Kier molecular flexibility index (Phi) is 3.52. The summed E-state index contributed by atoms with van der Waals surface area (Å²) in [6, 6.07) is 14.0. The number of thiophene rings is 1. The molecule has 0 saturated carbocycles. The highest BCUT2D eigenvalue weighted by molar-refractivity contribution is 9.10. The summed E-state index contributed by atoms with van der Waals surface area (Å²) in [6.45, 7) is 0. The lowest BCUT2D eigenvalue weighted by atomic mass is 10.1. The molecule has 2 aromatic carbocycles. The lowest BCUT2D eigenvalue weighted by Crippen LogP contribution is -1.79. The number of hydrogen-bond acceptors (Lipinski definition) is 2. The van der Waals surface area contributed by atoms with E-state index in [2.05, 4.69) is 28.1 Å². The Morgan fingerprint density at radius 3 is 2.53 bits per heavy atom. The highest BCUT2D eigenvalue weighted by atomic mass is 79.9. The van der Waals surface area contributed by atoms with Crippen molar-refractivity contribution in [3.8, 4) is 16.2 Å². The summed E-state index contributed by atoms with van der Waals surface area (Å²) >= 11 is 11.4. The molecule has 1 aromatic heterocycles. The number of rotatable bonds is 2. The number of halogens is 2. The molecule has 0 bridgehead atoms. The summed E-state index contributed by atoms with van der Waals surface area (Å²) in [5.74, 6) is 0.879. The summed E-state index contributed by atoms with van der Waals surface area (Å²) < 4.78 is 7.59. The quantitative estimate of drug-likeness (QED) is 0.549. The first-order chi connectivity index (χ1) is 9.19. The fraction of sp³-hybridized carbons (Fsp3) is 0.0667. The maximum Gasteiger partial charge on any atom is 0.120 e. The second-order valence-corrected chi connectivity index (χ2v) is 6.40. The fourth-order valence-electron chi connectivity index (χ4n) is 1.96. The lowest BCUT2D eigenvalue weighted by molar-refractivity contribution is 0.415. The average molecular weight is 354 g/mol. The van der Waals surface area contributed by atoms with Crippen molar-refractivity contribution >= 4 is 49.0 Å². The van der Waals surface area contributed by atoms with Crippen molar-refractivity contribution in [3.05, 3.63) is 52.0 Å². The molecular formula is C15H10BrClOS. The molecule has 19 heavy (non-hydrogen) atoms. The van der Waals surface area contributed by atoms with Crippen LogP contribution in [0.1, 0.15) is 0 Å². The van der Waals surface area contributed by atoms with Crippen LogP contribution in [0.3, 0.4) is 0 Å². The van der Waals surface area contributed by atoms with Gasteiger partial charge in [0.2, 0.25) is 0 Å².